The van der Waals surface area contributed by atoms with Gasteiger partial charge in [0.25, 0.3) is 11.8 Å². The molecule has 8 heteroatoms. The molecule has 0 aliphatic carbocycles. The molecule has 156 valence electrons. The molecule has 6 nitrogen and oxygen atoms in total. The minimum Gasteiger partial charge on any atom is -0.484 e. The van der Waals surface area contributed by atoms with E-state index in [4.69, 9.17) is 4.74 Å². The number of benzene rings is 2. The van der Waals surface area contributed by atoms with E-state index in [-0.39, 0.29) is 24.2 Å². The fourth-order valence-corrected chi connectivity index (χ4v) is 3.84. The Balaban J connectivity index is 1.58. The lowest BCUT2D eigenvalue weighted by atomic mass is 10.2. The van der Waals surface area contributed by atoms with Crippen molar-refractivity contribution in [3.05, 3.63) is 64.8 Å². The number of likely N-dealkylation sites (N-methyl/N-ethyl adjacent to an activating group) is 1. The van der Waals surface area contributed by atoms with Gasteiger partial charge in [0.2, 0.25) is 0 Å². The highest BCUT2D eigenvalue weighted by molar-refractivity contribution is 8.18. The van der Waals surface area contributed by atoms with Gasteiger partial charge in [0.15, 0.2) is 11.8 Å². The SMILES string of the molecule is CCN=C1S/C(=C\c2ccc(OCC(=O)Nc3ccc(F)cc3)cc2)C(=O)N1CC. The van der Waals surface area contributed by atoms with Crippen molar-refractivity contribution in [1.29, 1.82) is 0 Å². The van der Waals surface area contributed by atoms with Crippen molar-refractivity contribution < 1.29 is 18.7 Å². The number of carbonyl (C=O) groups excluding carboxylic acids is 2. The monoisotopic (exact) mass is 427 g/mol. The van der Waals surface area contributed by atoms with Crippen molar-refractivity contribution in [2.75, 3.05) is 25.0 Å². The summed E-state index contributed by atoms with van der Waals surface area (Å²) in [5, 5.41) is 3.36. The predicted octanol–water partition coefficient (Wildman–Crippen LogP) is 4.16. The lowest BCUT2D eigenvalue weighted by Crippen LogP contribution is -2.28. The van der Waals surface area contributed by atoms with E-state index in [0.717, 1.165) is 10.7 Å². The van der Waals surface area contributed by atoms with E-state index >= 15 is 0 Å². The van der Waals surface area contributed by atoms with Crippen molar-refractivity contribution in [3.8, 4) is 5.75 Å². The van der Waals surface area contributed by atoms with Crippen LogP contribution in [-0.2, 0) is 9.59 Å². The van der Waals surface area contributed by atoms with Gasteiger partial charge in [-0.3, -0.25) is 19.5 Å². The smallest absolute Gasteiger partial charge is 0.266 e. The molecule has 1 aliphatic heterocycles. The average Bonchev–Trinajstić information content (AvgIpc) is 3.03. The average molecular weight is 428 g/mol. The molecule has 0 aromatic heterocycles. The number of halogens is 1. The number of thioether (sulfide) groups is 1. The van der Waals surface area contributed by atoms with Crippen LogP contribution in [0, 0.1) is 5.82 Å². The molecule has 0 radical (unpaired) electrons. The van der Waals surface area contributed by atoms with E-state index in [1.807, 2.05) is 32.1 Å². The van der Waals surface area contributed by atoms with Crippen molar-refractivity contribution in [1.82, 2.24) is 4.90 Å². The van der Waals surface area contributed by atoms with Crippen molar-refractivity contribution in [3.63, 3.8) is 0 Å². The Hall–Kier alpha value is -3.13. The van der Waals surface area contributed by atoms with E-state index in [1.165, 1.54) is 36.0 Å². The van der Waals surface area contributed by atoms with Gasteiger partial charge in [-0.05, 0) is 73.6 Å². The molecule has 1 N–H and O–H groups in total. The van der Waals surface area contributed by atoms with Gasteiger partial charge in [-0.15, -0.1) is 0 Å². The fourth-order valence-electron chi connectivity index (χ4n) is 2.73. The maximum absolute atomic E-state index is 12.9. The molecule has 3 rings (SSSR count). The summed E-state index contributed by atoms with van der Waals surface area (Å²) < 4.78 is 18.4. The van der Waals surface area contributed by atoms with Crippen LogP contribution in [0.1, 0.15) is 19.4 Å². The molecule has 1 aliphatic rings. The summed E-state index contributed by atoms with van der Waals surface area (Å²) >= 11 is 1.37. The number of nitrogens with zero attached hydrogens (tertiary/aromatic N) is 2. The summed E-state index contributed by atoms with van der Waals surface area (Å²) in [6.45, 7) is 4.89. The van der Waals surface area contributed by atoms with E-state index in [0.29, 0.717) is 29.4 Å². The molecule has 1 fully saturated rings. The topological polar surface area (TPSA) is 71.0 Å². The van der Waals surface area contributed by atoms with Crippen LogP contribution in [0.25, 0.3) is 6.08 Å². The highest BCUT2D eigenvalue weighted by Crippen LogP contribution is 2.32. The molecule has 0 atom stereocenters. The Morgan fingerprint density at radius 1 is 1.17 bits per heavy atom. The second kappa shape index (κ2) is 10.1. The van der Waals surface area contributed by atoms with Crippen molar-refractivity contribution in [2.45, 2.75) is 13.8 Å². The van der Waals surface area contributed by atoms with Gasteiger partial charge in [-0.2, -0.15) is 0 Å². The molecule has 0 saturated carbocycles. The maximum atomic E-state index is 12.9. The largest absolute Gasteiger partial charge is 0.484 e. The number of anilines is 1. The van der Waals surface area contributed by atoms with Crippen LogP contribution < -0.4 is 10.1 Å². The van der Waals surface area contributed by atoms with Crippen LogP contribution in [0.2, 0.25) is 0 Å². The van der Waals surface area contributed by atoms with E-state index in [2.05, 4.69) is 10.3 Å². The number of amides is 2. The first-order chi connectivity index (χ1) is 14.5. The number of rotatable bonds is 7. The Labute approximate surface area is 178 Å². The summed E-state index contributed by atoms with van der Waals surface area (Å²) in [5.74, 6) is -0.232. The van der Waals surface area contributed by atoms with Crippen molar-refractivity contribution >= 4 is 40.5 Å². The highest BCUT2D eigenvalue weighted by atomic mass is 32.2. The lowest BCUT2D eigenvalue weighted by Gasteiger charge is -2.11. The van der Waals surface area contributed by atoms with E-state index < -0.39 is 0 Å². The quantitative estimate of drug-likeness (QED) is 0.674. The zero-order valence-corrected chi connectivity index (χ0v) is 17.5. The molecular formula is C22H22FN3O3S. The standard InChI is InChI=1S/C22H22FN3O3S/c1-3-24-22-26(4-2)21(28)19(30-22)13-15-5-11-18(12-6-15)29-14-20(27)25-17-9-7-16(23)8-10-17/h5-13H,3-4,14H2,1-2H3,(H,25,27)/b19-13-,24-22?. The Bertz CT molecular complexity index is 972. The third kappa shape index (κ3) is 5.48. The van der Waals surface area contributed by atoms with E-state index in [9.17, 15) is 14.0 Å². The van der Waals surface area contributed by atoms with Crippen LogP contribution in [0.3, 0.4) is 0 Å². The summed E-state index contributed by atoms with van der Waals surface area (Å²) in [4.78, 5) is 31.1. The molecule has 1 heterocycles. The van der Waals surface area contributed by atoms with Gasteiger partial charge < -0.3 is 10.1 Å². The minimum atomic E-state index is -0.367. The summed E-state index contributed by atoms with van der Waals surface area (Å²) in [6.07, 6.45) is 1.82. The second-order valence-corrected chi connectivity index (χ2v) is 7.34. The van der Waals surface area contributed by atoms with Gasteiger partial charge in [0.05, 0.1) is 4.91 Å². The Kier molecular flexibility index (Phi) is 7.24. The van der Waals surface area contributed by atoms with Crippen LogP contribution >= 0.6 is 11.8 Å². The molecule has 0 spiro atoms. The molecule has 2 amide bonds. The number of nitrogens with one attached hydrogen (secondary N) is 1. The third-order valence-corrected chi connectivity index (χ3v) is 5.22. The van der Waals surface area contributed by atoms with Gasteiger partial charge in [-0.1, -0.05) is 12.1 Å². The van der Waals surface area contributed by atoms with Gasteiger partial charge >= 0.3 is 0 Å². The molecule has 30 heavy (non-hydrogen) atoms. The van der Waals surface area contributed by atoms with Crippen LogP contribution in [0.15, 0.2) is 58.4 Å². The molecule has 0 unspecified atom stereocenters. The first-order valence-corrected chi connectivity index (χ1v) is 10.4. The van der Waals surface area contributed by atoms with Crippen molar-refractivity contribution in [2.24, 2.45) is 4.99 Å². The van der Waals surface area contributed by atoms with Gasteiger partial charge in [0.1, 0.15) is 11.6 Å². The number of ether oxygens (including phenoxy) is 1. The molecule has 2 aromatic carbocycles. The minimum absolute atomic E-state index is 0.0486. The second-order valence-electron chi connectivity index (χ2n) is 6.33. The normalized spacial score (nSPS) is 16.4. The van der Waals surface area contributed by atoms with Crippen LogP contribution in [0.5, 0.6) is 5.75 Å². The number of carbonyl (C=O) groups is 2. The lowest BCUT2D eigenvalue weighted by molar-refractivity contribution is -0.122. The first kappa shape index (κ1) is 21.6. The zero-order valence-electron chi connectivity index (χ0n) is 16.7. The predicted molar refractivity (Wildman–Crippen MR) is 118 cm³/mol. The summed E-state index contributed by atoms with van der Waals surface area (Å²) in [7, 11) is 0. The summed E-state index contributed by atoms with van der Waals surface area (Å²) in [6, 6.07) is 12.6. The molecule has 0 bridgehead atoms. The van der Waals surface area contributed by atoms with E-state index in [1.54, 1.807) is 17.0 Å². The Morgan fingerprint density at radius 2 is 1.87 bits per heavy atom. The van der Waals surface area contributed by atoms with Gasteiger partial charge in [0, 0.05) is 18.8 Å². The van der Waals surface area contributed by atoms with Gasteiger partial charge in [-0.25, -0.2) is 4.39 Å². The number of hydrogen-bond donors (Lipinski definition) is 1. The fraction of sp³-hybridized carbons (Fsp3) is 0.227. The molecule has 1 saturated heterocycles. The number of amidine groups is 1. The molecule has 2 aromatic rings. The molecular weight excluding hydrogens is 405 g/mol. The number of hydrogen-bond acceptors (Lipinski definition) is 5. The third-order valence-electron chi connectivity index (χ3n) is 4.17. The summed E-state index contributed by atoms with van der Waals surface area (Å²) in [5.41, 5.74) is 1.35. The first-order valence-electron chi connectivity index (χ1n) is 9.54. The highest BCUT2D eigenvalue weighted by Gasteiger charge is 2.31. The number of aliphatic imine (C=N–C) groups is 1. The van der Waals surface area contributed by atoms with Crippen LogP contribution in [0.4, 0.5) is 10.1 Å². The zero-order chi connectivity index (χ0) is 21.5. The maximum Gasteiger partial charge on any atom is 0.266 e. The Morgan fingerprint density at radius 3 is 2.50 bits per heavy atom. The van der Waals surface area contributed by atoms with Crippen LogP contribution in [-0.4, -0.2) is 41.6 Å².